The van der Waals surface area contributed by atoms with Crippen molar-refractivity contribution in [3.63, 3.8) is 0 Å². The standard InChI is InChI=1S/C21H19NO5/c1-12-17-6-4-5-7-18(17)27-20(12)21(25)26-13(2)19(24)15-8-10-16(11-9-15)22-14(3)23/h4-11,13H,1-3H3,(H,22,23)/t13-/m1/s1. The van der Waals surface area contributed by atoms with Crippen molar-refractivity contribution < 1.29 is 23.5 Å². The van der Waals surface area contributed by atoms with Crippen LogP contribution in [0.3, 0.4) is 0 Å². The number of Topliss-reactive ketones (excluding diaryl/α,β-unsaturated/α-hetero) is 1. The first-order chi connectivity index (χ1) is 12.9. The molecule has 0 saturated heterocycles. The summed E-state index contributed by atoms with van der Waals surface area (Å²) in [5.41, 5.74) is 2.23. The van der Waals surface area contributed by atoms with E-state index in [0.29, 0.717) is 22.4 Å². The van der Waals surface area contributed by atoms with Gasteiger partial charge in [0.1, 0.15) is 5.58 Å². The van der Waals surface area contributed by atoms with Crippen LogP contribution in [-0.2, 0) is 9.53 Å². The minimum Gasteiger partial charge on any atom is -0.449 e. The fraction of sp³-hybridized carbons (Fsp3) is 0.190. The van der Waals surface area contributed by atoms with Crippen molar-refractivity contribution in [2.75, 3.05) is 5.32 Å². The molecule has 3 aromatic rings. The van der Waals surface area contributed by atoms with Gasteiger partial charge in [-0.25, -0.2) is 4.79 Å². The zero-order valence-electron chi connectivity index (χ0n) is 15.2. The number of benzene rings is 2. The van der Waals surface area contributed by atoms with Gasteiger partial charge in [0.05, 0.1) is 0 Å². The largest absolute Gasteiger partial charge is 0.449 e. The number of carbonyl (C=O) groups is 3. The van der Waals surface area contributed by atoms with E-state index < -0.39 is 12.1 Å². The Morgan fingerprint density at radius 2 is 1.70 bits per heavy atom. The summed E-state index contributed by atoms with van der Waals surface area (Å²) in [5.74, 6) is -1.12. The highest BCUT2D eigenvalue weighted by Crippen LogP contribution is 2.26. The highest BCUT2D eigenvalue weighted by atomic mass is 16.6. The molecule has 0 unspecified atom stereocenters. The summed E-state index contributed by atoms with van der Waals surface area (Å²) in [7, 11) is 0. The molecule has 0 radical (unpaired) electrons. The molecule has 27 heavy (non-hydrogen) atoms. The molecule has 0 spiro atoms. The quantitative estimate of drug-likeness (QED) is 0.543. The minimum atomic E-state index is -0.975. The molecule has 3 rings (SSSR count). The predicted molar refractivity (Wildman–Crippen MR) is 101 cm³/mol. The van der Waals surface area contributed by atoms with Gasteiger partial charge in [-0.05, 0) is 44.2 Å². The van der Waals surface area contributed by atoms with Crippen LogP contribution >= 0.6 is 0 Å². The summed E-state index contributed by atoms with van der Waals surface area (Å²) < 4.78 is 10.9. The van der Waals surface area contributed by atoms with E-state index in [2.05, 4.69) is 5.32 Å². The van der Waals surface area contributed by atoms with Crippen LogP contribution in [0.4, 0.5) is 5.69 Å². The molecule has 1 N–H and O–H groups in total. The Bertz CT molecular complexity index is 1020. The first kappa shape index (κ1) is 18.4. The van der Waals surface area contributed by atoms with Gasteiger partial charge in [-0.2, -0.15) is 0 Å². The predicted octanol–water partition coefficient (Wildman–Crippen LogP) is 4.13. The molecule has 0 aliphatic heterocycles. The Hall–Kier alpha value is -3.41. The molecule has 0 aliphatic carbocycles. The number of nitrogens with one attached hydrogen (secondary N) is 1. The molecule has 6 heteroatoms. The summed E-state index contributed by atoms with van der Waals surface area (Å²) in [4.78, 5) is 36.0. The first-order valence-electron chi connectivity index (χ1n) is 8.48. The lowest BCUT2D eigenvalue weighted by Gasteiger charge is -2.12. The Morgan fingerprint density at radius 1 is 1.04 bits per heavy atom. The second-order valence-corrected chi connectivity index (χ2v) is 6.22. The molecule has 0 bridgehead atoms. The van der Waals surface area contributed by atoms with E-state index in [1.54, 1.807) is 37.3 Å². The molecular weight excluding hydrogens is 346 g/mol. The van der Waals surface area contributed by atoms with Crippen molar-refractivity contribution >= 4 is 34.3 Å². The van der Waals surface area contributed by atoms with Gasteiger partial charge in [-0.3, -0.25) is 9.59 Å². The average molecular weight is 365 g/mol. The maximum atomic E-state index is 12.5. The number of hydrogen-bond acceptors (Lipinski definition) is 5. The molecule has 0 aliphatic rings. The van der Waals surface area contributed by atoms with E-state index >= 15 is 0 Å². The Morgan fingerprint density at radius 3 is 2.33 bits per heavy atom. The van der Waals surface area contributed by atoms with Crippen molar-refractivity contribution in [1.82, 2.24) is 0 Å². The van der Waals surface area contributed by atoms with E-state index in [9.17, 15) is 14.4 Å². The molecule has 6 nitrogen and oxygen atoms in total. The number of amides is 1. The maximum absolute atomic E-state index is 12.5. The van der Waals surface area contributed by atoms with Crippen LogP contribution in [-0.4, -0.2) is 23.8 Å². The third-order valence-corrected chi connectivity index (χ3v) is 4.17. The van der Waals surface area contributed by atoms with Crippen LogP contribution in [0.5, 0.6) is 0 Å². The van der Waals surface area contributed by atoms with E-state index in [0.717, 1.165) is 5.39 Å². The van der Waals surface area contributed by atoms with Gasteiger partial charge in [-0.15, -0.1) is 0 Å². The smallest absolute Gasteiger partial charge is 0.375 e. The Balaban J connectivity index is 1.72. The van der Waals surface area contributed by atoms with Crippen LogP contribution in [0.1, 0.15) is 40.3 Å². The first-order valence-corrected chi connectivity index (χ1v) is 8.48. The van der Waals surface area contributed by atoms with Gasteiger partial charge in [0.25, 0.3) is 0 Å². The van der Waals surface area contributed by atoms with Crippen LogP contribution in [0.25, 0.3) is 11.0 Å². The normalized spacial score (nSPS) is 11.8. The van der Waals surface area contributed by atoms with Crippen LogP contribution < -0.4 is 5.32 Å². The van der Waals surface area contributed by atoms with Crippen LogP contribution in [0.15, 0.2) is 52.9 Å². The van der Waals surface area contributed by atoms with Gasteiger partial charge in [0.2, 0.25) is 17.5 Å². The molecule has 0 saturated carbocycles. The van der Waals surface area contributed by atoms with E-state index in [1.165, 1.54) is 13.8 Å². The maximum Gasteiger partial charge on any atom is 0.375 e. The Labute approximate surface area is 156 Å². The van der Waals surface area contributed by atoms with Crippen molar-refractivity contribution in [3.8, 4) is 0 Å². The molecule has 1 atom stereocenters. The number of esters is 1. The summed E-state index contributed by atoms with van der Waals surface area (Å²) in [6, 6.07) is 13.7. The van der Waals surface area contributed by atoms with E-state index in [4.69, 9.17) is 9.15 Å². The molecular formula is C21H19NO5. The Kier molecular flexibility index (Phi) is 5.07. The summed E-state index contributed by atoms with van der Waals surface area (Å²) in [5, 5.41) is 3.46. The van der Waals surface area contributed by atoms with Crippen molar-refractivity contribution in [2.24, 2.45) is 0 Å². The summed E-state index contributed by atoms with van der Waals surface area (Å²) in [6.45, 7) is 4.69. The number of furan rings is 1. The van der Waals surface area contributed by atoms with Gasteiger partial charge in [0.15, 0.2) is 6.10 Å². The van der Waals surface area contributed by atoms with Crippen LogP contribution in [0.2, 0.25) is 0 Å². The minimum absolute atomic E-state index is 0.0943. The van der Waals surface area contributed by atoms with E-state index in [-0.39, 0.29) is 17.5 Å². The lowest BCUT2D eigenvalue weighted by molar-refractivity contribution is -0.114. The fourth-order valence-corrected chi connectivity index (χ4v) is 2.79. The highest BCUT2D eigenvalue weighted by molar-refractivity contribution is 6.02. The highest BCUT2D eigenvalue weighted by Gasteiger charge is 2.24. The number of ether oxygens (including phenoxy) is 1. The van der Waals surface area contributed by atoms with E-state index in [1.807, 2.05) is 18.2 Å². The molecule has 1 heterocycles. The van der Waals surface area contributed by atoms with Gasteiger partial charge >= 0.3 is 5.97 Å². The number of hydrogen-bond donors (Lipinski definition) is 1. The van der Waals surface area contributed by atoms with Crippen molar-refractivity contribution in [1.29, 1.82) is 0 Å². The average Bonchev–Trinajstić information content (AvgIpc) is 2.98. The summed E-state index contributed by atoms with van der Waals surface area (Å²) >= 11 is 0. The zero-order valence-corrected chi connectivity index (χ0v) is 15.2. The van der Waals surface area contributed by atoms with Gasteiger partial charge in [0, 0.05) is 29.1 Å². The SMILES string of the molecule is CC(=O)Nc1ccc(C(=O)[C@@H](C)OC(=O)c2oc3ccccc3c2C)cc1. The molecule has 0 fully saturated rings. The fourth-order valence-electron chi connectivity index (χ4n) is 2.79. The number of rotatable bonds is 5. The molecule has 2 aromatic carbocycles. The van der Waals surface area contributed by atoms with Crippen molar-refractivity contribution in [3.05, 3.63) is 65.4 Å². The molecule has 1 amide bonds. The summed E-state index contributed by atoms with van der Waals surface area (Å²) in [6.07, 6.45) is -0.975. The number of anilines is 1. The lowest BCUT2D eigenvalue weighted by atomic mass is 10.1. The second kappa shape index (κ2) is 7.45. The number of carbonyl (C=O) groups excluding carboxylic acids is 3. The molecule has 138 valence electrons. The number of aryl methyl sites for hydroxylation is 1. The number of fused-ring (bicyclic) bond motifs is 1. The lowest BCUT2D eigenvalue weighted by Crippen LogP contribution is -2.24. The number of ketones is 1. The third kappa shape index (κ3) is 3.89. The van der Waals surface area contributed by atoms with Crippen molar-refractivity contribution in [2.45, 2.75) is 26.9 Å². The number of para-hydroxylation sites is 1. The van der Waals surface area contributed by atoms with Crippen LogP contribution in [0, 0.1) is 6.92 Å². The molecule has 1 aromatic heterocycles. The van der Waals surface area contributed by atoms with Gasteiger partial charge < -0.3 is 14.5 Å². The van der Waals surface area contributed by atoms with Gasteiger partial charge in [-0.1, -0.05) is 18.2 Å². The zero-order chi connectivity index (χ0) is 19.6. The topological polar surface area (TPSA) is 85.6 Å². The third-order valence-electron chi connectivity index (χ3n) is 4.17. The second-order valence-electron chi connectivity index (χ2n) is 6.22. The monoisotopic (exact) mass is 365 g/mol.